The molecule has 2 aromatic rings. The summed E-state index contributed by atoms with van der Waals surface area (Å²) in [6, 6.07) is 17.0. The third kappa shape index (κ3) is 6.40. The van der Waals surface area contributed by atoms with Gasteiger partial charge < -0.3 is 14.7 Å². The minimum Gasteiger partial charge on any atom is -0.480 e. The zero-order valence-electron chi connectivity index (χ0n) is 18.3. The van der Waals surface area contributed by atoms with Crippen LogP contribution in [0.25, 0.3) is 0 Å². The zero-order chi connectivity index (χ0) is 22.9. The van der Waals surface area contributed by atoms with E-state index in [1.807, 2.05) is 60.7 Å². The van der Waals surface area contributed by atoms with Crippen LogP contribution in [-0.2, 0) is 32.1 Å². The van der Waals surface area contributed by atoms with Crippen molar-refractivity contribution in [2.24, 2.45) is 0 Å². The van der Waals surface area contributed by atoms with Crippen LogP contribution in [0, 0.1) is 0 Å². The van der Waals surface area contributed by atoms with Crippen molar-refractivity contribution in [3.63, 3.8) is 0 Å². The van der Waals surface area contributed by atoms with E-state index in [0.29, 0.717) is 32.2 Å². The Kier molecular flexibility index (Phi) is 8.39. The van der Waals surface area contributed by atoms with Crippen molar-refractivity contribution in [3.05, 3.63) is 71.8 Å². The molecule has 1 aliphatic heterocycles. The Hall–Kier alpha value is -3.19. The molecule has 0 aromatic heterocycles. The van der Waals surface area contributed by atoms with Crippen LogP contribution in [0.1, 0.15) is 37.3 Å². The number of carbonyl (C=O) groups is 3. The lowest BCUT2D eigenvalue weighted by Gasteiger charge is -2.28. The number of likely N-dealkylation sites (tertiary alicyclic amines) is 1. The van der Waals surface area contributed by atoms with E-state index in [4.69, 9.17) is 4.74 Å². The van der Waals surface area contributed by atoms with Crippen molar-refractivity contribution < 1.29 is 24.2 Å². The fourth-order valence-corrected chi connectivity index (χ4v) is 3.96. The molecule has 7 heteroatoms. The number of benzene rings is 2. The minimum atomic E-state index is -0.994. The monoisotopic (exact) mass is 438 g/mol. The summed E-state index contributed by atoms with van der Waals surface area (Å²) < 4.78 is 5.52. The summed E-state index contributed by atoms with van der Waals surface area (Å²) in [5.74, 6) is -1.73. The SMILES string of the molecule is C[C@H](NC(CCc1ccccc1)C(=O)OCc1ccccc1)C(=O)N1CCC[C@H]1C(=O)O. The molecule has 32 heavy (non-hydrogen) atoms. The highest BCUT2D eigenvalue weighted by Gasteiger charge is 2.37. The van der Waals surface area contributed by atoms with Gasteiger partial charge in [0.2, 0.25) is 5.91 Å². The number of carboxylic acid groups (broad SMARTS) is 1. The van der Waals surface area contributed by atoms with E-state index in [9.17, 15) is 19.5 Å². The number of carbonyl (C=O) groups excluding carboxylic acids is 2. The van der Waals surface area contributed by atoms with Crippen LogP contribution in [-0.4, -0.2) is 52.5 Å². The van der Waals surface area contributed by atoms with E-state index in [-0.39, 0.29) is 12.5 Å². The van der Waals surface area contributed by atoms with Gasteiger partial charge in [-0.1, -0.05) is 60.7 Å². The average molecular weight is 439 g/mol. The number of hydrogen-bond acceptors (Lipinski definition) is 5. The summed E-state index contributed by atoms with van der Waals surface area (Å²) >= 11 is 0. The topological polar surface area (TPSA) is 95.9 Å². The summed E-state index contributed by atoms with van der Waals surface area (Å²) in [7, 11) is 0. The number of nitrogens with one attached hydrogen (secondary N) is 1. The Morgan fingerprint density at radius 1 is 1.06 bits per heavy atom. The van der Waals surface area contributed by atoms with Crippen LogP contribution in [0.5, 0.6) is 0 Å². The predicted octanol–water partition coefficient (Wildman–Crippen LogP) is 2.78. The van der Waals surface area contributed by atoms with Gasteiger partial charge in [-0.25, -0.2) is 4.79 Å². The summed E-state index contributed by atoms with van der Waals surface area (Å²) in [5, 5.41) is 12.5. The van der Waals surface area contributed by atoms with Gasteiger partial charge in [-0.3, -0.25) is 14.9 Å². The Morgan fingerprint density at radius 2 is 1.69 bits per heavy atom. The van der Waals surface area contributed by atoms with E-state index in [1.54, 1.807) is 6.92 Å². The average Bonchev–Trinajstić information content (AvgIpc) is 3.31. The van der Waals surface area contributed by atoms with Gasteiger partial charge in [0, 0.05) is 6.54 Å². The molecule has 1 amide bonds. The summed E-state index contributed by atoms with van der Waals surface area (Å²) in [6.45, 7) is 2.23. The van der Waals surface area contributed by atoms with Gasteiger partial charge in [0.05, 0.1) is 6.04 Å². The number of hydrogen-bond donors (Lipinski definition) is 2. The summed E-state index contributed by atoms with van der Waals surface area (Å²) in [6.07, 6.45) is 2.20. The van der Waals surface area contributed by atoms with E-state index in [1.165, 1.54) is 4.90 Å². The third-order valence-corrected chi connectivity index (χ3v) is 5.72. The first kappa shape index (κ1) is 23.5. The number of rotatable bonds is 10. The lowest BCUT2D eigenvalue weighted by molar-refractivity contribution is -0.151. The van der Waals surface area contributed by atoms with Gasteiger partial charge in [0.15, 0.2) is 0 Å². The van der Waals surface area contributed by atoms with Crippen molar-refractivity contribution in [1.29, 1.82) is 0 Å². The maximum Gasteiger partial charge on any atom is 0.326 e. The predicted molar refractivity (Wildman–Crippen MR) is 120 cm³/mol. The van der Waals surface area contributed by atoms with E-state index in [0.717, 1.165) is 11.1 Å². The van der Waals surface area contributed by atoms with Crippen LogP contribution in [0.2, 0.25) is 0 Å². The fraction of sp³-hybridized carbons (Fsp3) is 0.400. The van der Waals surface area contributed by atoms with Gasteiger partial charge in [-0.05, 0) is 43.7 Å². The third-order valence-electron chi connectivity index (χ3n) is 5.72. The first-order chi connectivity index (χ1) is 15.5. The standard InChI is InChI=1S/C25H30N2O5/c1-18(23(28)27-16-8-13-22(27)24(29)30)26-21(15-14-19-9-4-2-5-10-19)25(31)32-17-20-11-6-3-7-12-20/h2-7,9-12,18,21-22,26H,8,13-17H2,1H3,(H,29,30)/t18-,21?,22-/m0/s1. The number of nitrogens with zero attached hydrogens (tertiary/aromatic N) is 1. The lowest BCUT2D eigenvalue weighted by atomic mass is 10.0. The number of aliphatic carboxylic acids is 1. The molecule has 1 fully saturated rings. The molecule has 1 aliphatic rings. The number of carboxylic acids is 1. The normalized spacial score (nSPS) is 17.5. The highest BCUT2D eigenvalue weighted by atomic mass is 16.5. The molecule has 7 nitrogen and oxygen atoms in total. The quantitative estimate of drug-likeness (QED) is 0.554. The molecule has 0 bridgehead atoms. The van der Waals surface area contributed by atoms with Crippen LogP contribution >= 0.6 is 0 Å². The van der Waals surface area contributed by atoms with E-state index in [2.05, 4.69) is 5.32 Å². The van der Waals surface area contributed by atoms with Gasteiger partial charge in [-0.2, -0.15) is 0 Å². The minimum absolute atomic E-state index is 0.152. The van der Waals surface area contributed by atoms with Crippen LogP contribution in [0.3, 0.4) is 0 Å². The van der Waals surface area contributed by atoms with E-state index >= 15 is 0 Å². The molecule has 0 spiro atoms. The van der Waals surface area contributed by atoms with Crippen molar-refractivity contribution in [3.8, 4) is 0 Å². The first-order valence-electron chi connectivity index (χ1n) is 11.0. The lowest BCUT2D eigenvalue weighted by Crippen LogP contribution is -2.53. The maximum atomic E-state index is 12.9. The molecular formula is C25H30N2O5. The van der Waals surface area contributed by atoms with Gasteiger partial charge >= 0.3 is 11.9 Å². The van der Waals surface area contributed by atoms with Crippen LogP contribution in [0.15, 0.2) is 60.7 Å². The second kappa shape index (κ2) is 11.4. The molecule has 0 saturated carbocycles. The molecule has 1 heterocycles. The molecule has 0 radical (unpaired) electrons. The molecule has 2 N–H and O–H groups in total. The number of ether oxygens (including phenoxy) is 1. The van der Waals surface area contributed by atoms with Crippen LogP contribution < -0.4 is 5.32 Å². The highest BCUT2D eigenvalue weighted by molar-refractivity contribution is 5.88. The van der Waals surface area contributed by atoms with Crippen molar-refractivity contribution >= 4 is 17.8 Å². The highest BCUT2D eigenvalue weighted by Crippen LogP contribution is 2.19. The molecule has 3 rings (SSSR count). The van der Waals surface area contributed by atoms with Gasteiger partial charge in [-0.15, -0.1) is 0 Å². The first-order valence-corrected chi connectivity index (χ1v) is 11.0. The summed E-state index contributed by atoms with van der Waals surface area (Å²) in [4.78, 5) is 38.7. The van der Waals surface area contributed by atoms with Crippen molar-refractivity contribution in [1.82, 2.24) is 10.2 Å². The molecule has 2 aromatic carbocycles. The Bertz CT molecular complexity index is 903. The van der Waals surface area contributed by atoms with Crippen molar-refractivity contribution in [2.45, 2.75) is 57.3 Å². The molecule has 0 aliphatic carbocycles. The van der Waals surface area contributed by atoms with Gasteiger partial charge in [0.25, 0.3) is 0 Å². The molecule has 170 valence electrons. The fourth-order valence-electron chi connectivity index (χ4n) is 3.96. The molecule has 1 unspecified atom stereocenters. The molecule has 1 saturated heterocycles. The summed E-state index contributed by atoms with van der Waals surface area (Å²) in [5.41, 5.74) is 1.97. The number of esters is 1. The molecular weight excluding hydrogens is 408 g/mol. The smallest absolute Gasteiger partial charge is 0.326 e. The van der Waals surface area contributed by atoms with Crippen LogP contribution in [0.4, 0.5) is 0 Å². The van der Waals surface area contributed by atoms with E-state index < -0.39 is 30.1 Å². The second-order valence-electron chi connectivity index (χ2n) is 8.09. The maximum absolute atomic E-state index is 12.9. The Balaban J connectivity index is 1.65. The zero-order valence-corrected chi connectivity index (χ0v) is 18.3. The number of aryl methyl sites for hydroxylation is 1. The van der Waals surface area contributed by atoms with Crippen molar-refractivity contribution in [2.75, 3.05) is 6.54 Å². The second-order valence-corrected chi connectivity index (χ2v) is 8.09. The number of amides is 1. The molecule has 3 atom stereocenters. The Morgan fingerprint density at radius 3 is 2.31 bits per heavy atom. The largest absolute Gasteiger partial charge is 0.480 e. The Labute approximate surface area is 188 Å². The van der Waals surface area contributed by atoms with Gasteiger partial charge in [0.1, 0.15) is 18.7 Å².